The number of Topliss-reactive ketones (excluding diaryl/α,β-unsaturated/α-hetero) is 1. The quantitative estimate of drug-likeness (QED) is 0.122. The molecule has 0 radical (unpaired) electrons. The SMILES string of the molecule is CCCCCCCCCCCC(=O)O[C@@]12C[C@@H](C)[C@]34C=C(C)[C@H](O)[C@@]3(O)[C@H](O)C(COC(=O)c3ccccc3)=C[C@@H](C4=O)[C@@H]1C2(C)C. The highest BCUT2D eigenvalue weighted by atomic mass is 16.6. The van der Waals surface area contributed by atoms with Gasteiger partial charge in [-0.2, -0.15) is 0 Å². The van der Waals surface area contributed by atoms with Gasteiger partial charge in [-0.15, -0.1) is 0 Å². The van der Waals surface area contributed by atoms with Gasteiger partial charge in [0.1, 0.15) is 30.0 Å². The fourth-order valence-electron chi connectivity index (χ4n) is 9.36. The van der Waals surface area contributed by atoms with E-state index < -0.39 is 58.0 Å². The average molecular weight is 651 g/mol. The number of rotatable bonds is 14. The molecule has 0 saturated heterocycles. The van der Waals surface area contributed by atoms with Crippen LogP contribution in [-0.2, 0) is 19.1 Å². The van der Waals surface area contributed by atoms with E-state index in [0.717, 1.165) is 19.3 Å². The van der Waals surface area contributed by atoms with E-state index in [1.165, 1.54) is 38.5 Å². The Morgan fingerprint density at radius 2 is 1.55 bits per heavy atom. The highest BCUT2D eigenvalue weighted by Gasteiger charge is 2.83. The lowest BCUT2D eigenvalue weighted by Crippen LogP contribution is -2.65. The zero-order valence-corrected chi connectivity index (χ0v) is 28.8. The van der Waals surface area contributed by atoms with Crippen LogP contribution < -0.4 is 0 Å². The first-order chi connectivity index (χ1) is 22.3. The van der Waals surface area contributed by atoms with Crippen molar-refractivity contribution < 1.29 is 39.2 Å². The highest BCUT2D eigenvalue weighted by Crippen LogP contribution is 2.75. The Hall–Kier alpha value is -2.81. The van der Waals surface area contributed by atoms with Crippen LogP contribution in [0.4, 0.5) is 0 Å². The predicted molar refractivity (Wildman–Crippen MR) is 178 cm³/mol. The molecule has 47 heavy (non-hydrogen) atoms. The second-order valence-electron chi connectivity index (χ2n) is 15.2. The van der Waals surface area contributed by atoms with Gasteiger partial charge in [-0.25, -0.2) is 4.79 Å². The zero-order chi connectivity index (χ0) is 34.2. The number of carbonyl (C=O) groups is 3. The topological polar surface area (TPSA) is 130 Å². The van der Waals surface area contributed by atoms with Crippen molar-refractivity contribution >= 4 is 17.7 Å². The number of carbonyl (C=O) groups excluding carboxylic acids is 3. The lowest BCUT2D eigenvalue weighted by atomic mass is 9.59. The first-order valence-corrected chi connectivity index (χ1v) is 17.8. The smallest absolute Gasteiger partial charge is 0.338 e. The Labute approximate surface area is 279 Å². The summed E-state index contributed by atoms with van der Waals surface area (Å²) in [6.45, 7) is 9.32. The standard InChI is InChI=1S/C39H54O8/c1-6-7-8-9-10-11-12-13-17-20-30(40)47-38-23-26(3)37-22-25(2)32(41)39(37,45)33(42)28(21-29(34(37)43)31(38)36(38,4)5)24-46-35(44)27-18-15-14-16-19-27/h14-16,18-19,21-22,26,29,31-33,41-42,45H,6-13,17,20,23-24H2,1-5H3/t26-,29-,31-,32+,33-,37+,38+,39-/m1/s1. The first-order valence-electron chi connectivity index (χ1n) is 17.8. The number of aliphatic hydroxyl groups is 3. The van der Waals surface area contributed by atoms with Crippen LogP contribution >= 0.6 is 0 Å². The minimum Gasteiger partial charge on any atom is -0.458 e. The normalized spacial score (nSPS) is 35.1. The molecular formula is C39H54O8. The van der Waals surface area contributed by atoms with E-state index in [9.17, 15) is 29.7 Å². The largest absolute Gasteiger partial charge is 0.458 e. The van der Waals surface area contributed by atoms with Gasteiger partial charge in [0, 0.05) is 23.7 Å². The molecule has 2 fully saturated rings. The second kappa shape index (κ2) is 13.6. The fraction of sp³-hybridized carbons (Fsp3) is 0.667. The maximum Gasteiger partial charge on any atom is 0.338 e. The summed E-state index contributed by atoms with van der Waals surface area (Å²) in [4.78, 5) is 41.1. The molecule has 5 rings (SSSR count). The molecule has 0 amide bonds. The lowest BCUT2D eigenvalue weighted by Gasteiger charge is -2.48. The Morgan fingerprint density at radius 3 is 2.19 bits per heavy atom. The fourth-order valence-corrected chi connectivity index (χ4v) is 9.36. The van der Waals surface area contributed by atoms with Crippen LogP contribution in [0.3, 0.4) is 0 Å². The number of aliphatic hydroxyl groups excluding tert-OH is 2. The minimum atomic E-state index is -2.30. The van der Waals surface area contributed by atoms with E-state index in [1.807, 2.05) is 20.8 Å². The number of ketones is 1. The monoisotopic (exact) mass is 650 g/mol. The van der Waals surface area contributed by atoms with Crippen molar-refractivity contribution in [2.24, 2.45) is 28.6 Å². The van der Waals surface area contributed by atoms with Gasteiger partial charge in [-0.05, 0) is 49.0 Å². The van der Waals surface area contributed by atoms with E-state index >= 15 is 0 Å². The summed E-state index contributed by atoms with van der Waals surface area (Å²) in [6, 6.07) is 8.44. The molecule has 3 N–H and O–H groups in total. The summed E-state index contributed by atoms with van der Waals surface area (Å²) in [5.74, 6) is -3.08. The molecule has 258 valence electrons. The molecule has 4 aliphatic rings. The number of esters is 2. The molecule has 2 saturated carbocycles. The maximum atomic E-state index is 14.8. The molecule has 1 aromatic carbocycles. The van der Waals surface area contributed by atoms with Gasteiger partial charge >= 0.3 is 11.9 Å². The number of ether oxygens (including phenoxy) is 2. The van der Waals surface area contributed by atoms with Crippen LogP contribution in [-0.4, -0.2) is 63.1 Å². The molecule has 0 aromatic heterocycles. The molecular weight excluding hydrogens is 596 g/mol. The van der Waals surface area contributed by atoms with Crippen LogP contribution in [0.2, 0.25) is 0 Å². The van der Waals surface area contributed by atoms with Crippen LogP contribution in [0.15, 0.2) is 53.6 Å². The van der Waals surface area contributed by atoms with Crippen LogP contribution in [0.25, 0.3) is 0 Å². The summed E-state index contributed by atoms with van der Waals surface area (Å²) in [6.07, 6.45) is 10.9. The molecule has 1 aromatic rings. The average Bonchev–Trinajstić information content (AvgIpc) is 3.46. The van der Waals surface area contributed by atoms with E-state index in [1.54, 1.807) is 49.4 Å². The molecule has 0 heterocycles. The number of fused-ring (bicyclic) bond motifs is 3. The van der Waals surface area contributed by atoms with Gasteiger partial charge < -0.3 is 24.8 Å². The summed E-state index contributed by atoms with van der Waals surface area (Å²) in [7, 11) is 0. The van der Waals surface area contributed by atoms with Gasteiger partial charge in [0.15, 0.2) is 5.78 Å². The summed E-state index contributed by atoms with van der Waals surface area (Å²) in [5.41, 5.74) is -4.61. The summed E-state index contributed by atoms with van der Waals surface area (Å²) < 4.78 is 12.0. The highest BCUT2D eigenvalue weighted by molar-refractivity contribution is 5.96. The van der Waals surface area contributed by atoms with Crippen LogP contribution in [0.1, 0.15) is 116 Å². The number of benzene rings is 1. The van der Waals surface area contributed by atoms with Gasteiger partial charge in [0.05, 0.1) is 11.0 Å². The minimum absolute atomic E-state index is 0.144. The van der Waals surface area contributed by atoms with Gasteiger partial charge in [-0.1, -0.05) is 109 Å². The zero-order valence-electron chi connectivity index (χ0n) is 28.8. The number of hydrogen-bond acceptors (Lipinski definition) is 8. The maximum absolute atomic E-state index is 14.8. The van der Waals surface area contributed by atoms with E-state index in [4.69, 9.17) is 9.47 Å². The second-order valence-corrected chi connectivity index (χ2v) is 15.2. The first kappa shape index (κ1) is 35.5. The number of unbranched alkanes of at least 4 members (excludes halogenated alkanes) is 8. The van der Waals surface area contributed by atoms with E-state index in [0.29, 0.717) is 24.0 Å². The van der Waals surface area contributed by atoms with Gasteiger partial charge in [0.2, 0.25) is 0 Å². The molecule has 8 heteroatoms. The molecule has 8 nitrogen and oxygen atoms in total. The van der Waals surface area contributed by atoms with E-state index in [2.05, 4.69) is 6.92 Å². The van der Waals surface area contributed by atoms with E-state index in [-0.39, 0.29) is 23.9 Å². The Kier molecular flexibility index (Phi) is 10.3. The Morgan fingerprint density at radius 1 is 0.936 bits per heavy atom. The third kappa shape index (κ3) is 5.82. The van der Waals surface area contributed by atoms with Crippen molar-refractivity contribution in [2.45, 2.75) is 129 Å². The van der Waals surface area contributed by atoms with Gasteiger partial charge in [-0.3, -0.25) is 9.59 Å². The van der Waals surface area contributed by atoms with Gasteiger partial charge in [0.25, 0.3) is 0 Å². The molecule has 4 aliphatic carbocycles. The summed E-state index contributed by atoms with van der Waals surface area (Å²) >= 11 is 0. The van der Waals surface area contributed by atoms with Crippen molar-refractivity contribution in [1.82, 2.24) is 0 Å². The third-order valence-corrected chi connectivity index (χ3v) is 12.0. The molecule has 2 bridgehead atoms. The van der Waals surface area contributed by atoms with Crippen LogP contribution in [0, 0.1) is 28.6 Å². The Bertz CT molecular complexity index is 1400. The molecule has 0 unspecified atom stereocenters. The predicted octanol–water partition coefficient (Wildman–Crippen LogP) is 6.27. The number of allylic oxidation sites excluding steroid dienone is 1. The van der Waals surface area contributed by atoms with Crippen LogP contribution in [0.5, 0.6) is 0 Å². The van der Waals surface area contributed by atoms with Crippen molar-refractivity contribution in [1.29, 1.82) is 0 Å². The Balaban J connectivity index is 1.39. The van der Waals surface area contributed by atoms with Crippen molar-refractivity contribution in [3.63, 3.8) is 0 Å². The van der Waals surface area contributed by atoms with Crippen molar-refractivity contribution in [3.05, 3.63) is 59.2 Å². The molecule has 0 aliphatic heterocycles. The lowest BCUT2D eigenvalue weighted by molar-refractivity contribution is -0.191. The number of hydrogen-bond donors (Lipinski definition) is 3. The van der Waals surface area contributed by atoms with Crippen molar-refractivity contribution in [2.75, 3.05) is 6.61 Å². The van der Waals surface area contributed by atoms with Crippen molar-refractivity contribution in [3.8, 4) is 0 Å². The summed E-state index contributed by atoms with van der Waals surface area (Å²) in [5, 5.41) is 35.6. The third-order valence-electron chi connectivity index (χ3n) is 12.0. The molecule has 1 spiro atoms. The molecule has 8 atom stereocenters.